The highest BCUT2D eigenvalue weighted by molar-refractivity contribution is 6.46. The summed E-state index contributed by atoms with van der Waals surface area (Å²) in [6.07, 6.45) is 1.30. The van der Waals surface area contributed by atoms with Crippen LogP contribution in [0.3, 0.4) is 0 Å². The molecule has 1 saturated heterocycles. The molecular weight excluding hydrogens is 435 g/mol. The van der Waals surface area contributed by atoms with Crippen molar-refractivity contribution in [2.24, 2.45) is 0 Å². The van der Waals surface area contributed by atoms with E-state index in [9.17, 15) is 34.0 Å². The lowest BCUT2D eigenvalue weighted by atomic mass is 9.95. The molecule has 0 aliphatic carbocycles. The number of benzene rings is 2. The fraction of sp³-hybridized carbons (Fsp3) is 0.261. The van der Waals surface area contributed by atoms with Gasteiger partial charge in [0.1, 0.15) is 11.6 Å². The zero-order valence-electron chi connectivity index (χ0n) is 17.4. The van der Waals surface area contributed by atoms with Gasteiger partial charge in [0, 0.05) is 30.7 Å². The SMILES string of the molecule is O=C(O)CCCCCN1C(=O)C(=O)C(=C(O)c2ccc(F)cc2)C1c1ccc([N+](=O)[O-])cc1. The van der Waals surface area contributed by atoms with Crippen LogP contribution < -0.4 is 0 Å². The maximum absolute atomic E-state index is 13.3. The van der Waals surface area contributed by atoms with Crippen molar-refractivity contribution in [3.8, 4) is 0 Å². The van der Waals surface area contributed by atoms with E-state index in [1.807, 2.05) is 0 Å². The fourth-order valence-corrected chi connectivity index (χ4v) is 3.73. The minimum absolute atomic E-state index is 0.0187. The van der Waals surface area contributed by atoms with Crippen LogP contribution in [-0.2, 0) is 14.4 Å². The monoisotopic (exact) mass is 456 g/mol. The first-order valence-electron chi connectivity index (χ1n) is 10.2. The Balaban J connectivity index is 1.99. The number of carboxylic acids is 1. The summed E-state index contributed by atoms with van der Waals surface area (Å²) >= 11 is 0. The number of aliphatic hydroxyl groups excluding tert-OH is 1. The molecule has 1 amide bonds. The molecule has 0 spiro atoms. The third kappa shape index (κ3) is 5.22. The van der Waals surface area contributed by atoms with Gasteiger partial charge >= 0.3 is 5.97 Å². The molecule has 1 unspecified atom stereocenters. The first kappa shape index (κ1) is 23.6. The second-order valence-electron chi connectivity index (χ2n) is 7.55. The number of aliphatic hydroxyl groups is 1. The van der Waals surface area contributed by atoms with Gasteiger partial charge in [0.25, 0.3) is 17.4 Å². The molecule has 10 heteroatoms. The first-order valence-corrected chi connectivity index (χ1v) is 10.2. The Kier molecular flexibility index (Phi) is 7.17. The fourth-order valence-electron chi connectivity index (χ4n) is 3.73. The summed E-state index contributed by atoms with van der Waals surface area (Å²) in [7, 11) is 0. The molecule has 0 saturated carbocycles. The molecule has 0 radical (unpaired) electrons. The van der Waals surface area contributed by atoms with Crippen LogP contribution in [0.25, 0.3) is 5.76 Å². The molecule has 1 aliphatic rings. The van der Waals surface area contributed by atoms with Crippen LogP contribution in [-0.4, -0.2) is 44.2 Å². The number of nitro groups is 1. The Morgan fingerprint density at radius 2 is 1.64 bits per heavy atom. The number of likely N-dealkylation sites (tertiary alicyclic amines) is 1. The van der Waals surface area contributed by atoms with Crippen LogP contribution in [0.15, 0.2) is 54.1 Å². The van der Waals surface area contributed by atoms with Crippen molar-refractivity contribution in [1.29, 1.82) is 0 Å². The number of unbranched alkanes of at least 4 members (excludes halogenated alkanes) is 2. The highest BCUT2D eigenvalue weighted by atomic mass is 19.1. The summed E-state index contributed by atoms with van der Waals surface area (Å²) in [6.45, 7) is 0.117. The van der Waals surface area contributed by atoms with E-state index in [0.29, 0.717) is 24.8 Å². The quantitative estimate of drug-likeness (QED) is 0.146. The maximum atomic E-state index is 13.3. The highest BCUT2D eigenvalue weighted by Gasteiger charge is 2.45. The van der Waals surface area contributed by atoms with Crippen molar-refractivity contribution in [2.45, 2.75) is 31.7 Å². The van der Waals surface area contributed by atoms with Gasteiger partial charge < -0.3 is 15.1 Å². The number of carbonyl (C=O) groups is 3. The average Bonchev–Trinajstić information content (AvgIpc) is 3.03. The van der Waals surface area contributed by atoms with E-state index >= 15 is 0 Å². The summed E-state index contributed by atoms with van der Waals surface area (Å²) in [5.41, 5.74) is 0.144. The van der Waals surface area contributed by atoms with Crippen LogP contribution in [0, 0.1) is 15.9 Å². The number of halogens is 1. The predicted molar refractivity (Wildman–Crippen MR) is 115 cm³/mol. The molecule has 172 valence electrons. The van der Waals surface area contributed by atoms with Crippen molar-refractivity contribution in [1.82, 2.24) is 4.90 Å². The van der Waals surface area contributed by atoms with Gasteiger partial charge in [0.05, 0.1) is 16.5 Å². The minimum atomic E-state index is -1.00. The van der Waals surface area contributed by atoms with E-state index in [2.05, 4.69) is 0 Å². The van der Waals surface area contributed by atoms with Gasteiger partial charge in [-0.2, -0.15) is 0 Å². The second-order valence-corrected chi connectivity index (χ2v) is 7.55. The summed E-state index contributed by atoms with van der Waals surface area (Å²) in [6, 6.07) is 9.04. The molecule has 1 aliphatic heterocycles. The summed E-state index contributed by atoms with van der Waals surface area (Å²) in [5.74, 6) is -3.73. The Hall–Kier alpha value is -4.08. The third-order valence-corrected chi connectivity index (χ3v) is 5.37. The third-order valence-electron chi connectivity index (χ3n) is 5.37. The zero-order chi connectivity index (χ0) is 24.1. The van der Waals surface area contributed by atoms with Crippen molar-refractivity contribution >= 4 is 29.1 Å². The van der Waals surface area contributed by atoms with Gasteiger partial charge in [-0.1, -0.05) is 6.42 Å². The number of carbonyl (C=O) groups excluding carboxylic acids is 2. The van der Waals surface area contributed by atoms with E-state index in [4.69, 9.17) is 5.11 Å². The largest absolute Gasteiger partial charge is 0.507 e. The number of nitro benzene ring substituents is 1. The van der Waals surface area contributed by atoms with E-state index in [0.717, 1.165) is 12.1 Å². The lowest BCUT2D eigenvalue weighted by molar-refractivity contribution is -0.384. The van der Waals surface area contributed by atoms with Crippen LogP contribution in [0.5, 0.6) is 0 Å². The van der Waals surface area contributed by atoms with Gasteiger partial charge in [-0.15, -0.1) is 0 Å². The van der Waals surface area contributed by atoms with Gasteiger partial charge in [-0.05, 0) is 54.8 Å². The van der Waals surface area contributed by atoms with Gasteiger partial charge in [0.2, 0.25) is 0 Å². The predicted octanol–water partition coefficient (Wildman–Crippen LogP) is 3.80. The van der Waals surface area contributed by atoms with Crippen LogP contribution in [0.1, 0.15) is 42.9 Å². The number of hydrogen-bond donors (Lipinski definition) is 2. The highest BCUT2D eigenvalue weighted by Crippen LogP contribution is 2.40. The van der Waals surface area contributed by atoms with Crippen molar-refractivity contribution in [2.75, 3.05) is 6.54 Å². The topological polar surface area (TPSA) is 138 Å². The summed E-state index contributed by atoms with van der Waals surface area (Å²) in [4.78, 5) is 48.0. The molecule has 9 nitrogen and oxygen atoms in total. The number of amides is 1. The Morgan fingerprint density at radius 1 is 1.00 bits per heavy atom. The van der Waals surface area contributed by atoms with Crippen molar-refractivity contribution in [3.05, 3.63) is 81.2 Å². The summed E-state index contributed by atoms with van der Waals surface area (Å²) in [5, 5.41) is 30.6. The Bertz CT molecular complexity index is 1110. The normalized spacial score (nSPS) is 17.4. The Morgan fingerprint density at radius 3 is 2.21 bits per heavy atom. The zero-order valence-corrected chi connectivity index (χ0v) is 17.4. The van der Waals surface area contributed by atoms with Crippen molar-refractivity contribution < 1.29 is 33.9 Å². The lowest BCUT2D eigenvalue weighted by Crippen LogP contribution is -2.30. The number of Topliss-reactive ketones (excluding diaryl/α,β-unsaturated/α-hetero) is 1. The van der Waals surface area contributed by atoms with Crippen molar-refractivity contribution in [3.63, 3.8) is 0 Å². The molecule has 2 aromatic rings. The van der Waals surface area contributed by atoms with Gasteiger partial charge in [-0.3, -0.25) is 24.5 Å². The molecule has 1 heterocycles. The molecule has 3 rings (SSSR count). The number of rotatable bonds is 9. The maximum Gasteiger partial charge on any atom is 0.303 e. The number of ketones is 1. The van der Waals surface area contributed by atoms with Crippen LogP contribution in [0.2, 0.25) is 0 Å². The number of aliphatic carboxylic acids is 1. The van der Waals surface area contributed by atoms with E-state index in [-0.39, 0.29) is 29.8 Å². The molecule has 0 bridgehead atoms. The van der Waals surface area contributed by atoms with Gasteiger partial charge in [0.15, 0.2) is 0 Å². The Labute approximate surface area is 187 Å². The molecule has 2 N–H and O–H groups in total. The van der Waals surface area contributed by atoms with E-state index < -0.39 is 40.2 Å². The molecule has 1 atom stereocenters. The molecule has 2 aromatic carbocycles. The smallest absolute Gasteiger partial charge is 0.303 e. The number of hydrogen-bond acceptors (Lipinski definition) is 6. The van der Waals surface area contributed by atoms with Crippen LogP contribution >= 0.6 is 0 Å². The standard InChI is InChI=1S/C23H21FN2O7/c24-16-9-5-15(6-10-16)21(29)19-20(14-7-11-17(12-8-14)26(32)33)25(23(31)22(19)30)13-3-1-2-4-18(27)28/h5-12,20,29H,1-4,13H2,(H,27,28). The number of nitrogens with zero attached hydrogens (tertiary/aromatic N) is 2. The summed E-state index contributed by atoms with van der Waals surface area (Å²) < 4.78 is 13.3. The molecule has 1 fully saturated rings. The van der Waals surface area contributed by atoms with E-state index in [1.165, 1.54) is 41.3 Å². The first-order chi connectivity index (χ1) is 15.7. The molecular formula is C23H21FN2O7. The number of carboxylic acid groups (broad SMARTS) is 1. The second kappa shape index (κ2) is 10.0. The lowest BCUT2D eigenvalue weighted by Gasteiger charge is -2.25. The molecule has 33 heavy (non-hydrogen) atoms. The number of non-ortho nitro benzene ring substituents is 1. The minimum Gasteiger partial charge on any atom is -0.507 e. The van der Waals surface area contributed by atoms with Gasteiger partial charge in [-0.25, -0.2) is 4.39 Å². The average molecular weight is 456 g/mol. The van der Waals surface area contributed by atoms with Crippen LogP contribution in [0.4, 0.5) is 10.1 Å². The van der Waals surface area contributed by atoms with E-state index in [1.54, 1.807) is 0 Å². The molecule has 0 aromatic heterocycles.